The first-order chi connectivity index (χ1) is 8.88. The number of carboxylic acid groups (broad SMARTS) is 1. The summed E-state index contributed by atoms with van der Waals surface area (Å²) in [6.45, 7) is 4.02. The third kappa shape index (κ3) is 3.85. The van der Waals surface area contributed by atoms with Gasteiger partial charge in [0.2, 0.25) is 0 Å². The van der Waals surface area contributed by atoms with E-state index < -0.39 is 12.0 Å². The Balaban J connectivity index is 2.63. The molecule has 0 aromatic carbocycles. The molecule has 1 aliphatic carbocycles. The molecule has 0 aliphatic heterocycles. The van der Waals surface area contributed by atoms with Crippen molar-refractivity contribution in [2.75, 3.05) is 14.1 Å². The van der Waals surface area contributed by atoms with Gasteiger partial charge in [-0.3, -0.25) is 0 Å². The molecule has 2 amide bonds. The Hall–Kier alpha value is -1.26. The zero-order valence-corrected chi connectivity index (χ0v) is 12.4. The minimum atomic E-state index is -0.941. The molecule has 1 fully saturated rings. The van der Waals surface area contributed by atoms with Gasteiger partial charge in [0, 0.05) is 20.1 Å². The molecule has 0 spiro atoms. The van der Waals surface area contributed by atoms with Crippen LogP contribution in [0.1, 0.15) is 46.0 Å². The molecule has 1 N–H and O–H groups in total. The van der Waals surface area contributed by atoms with Gasteiger partial charge >= 0.3 is 12.0 Å². The summed E-state index contributed by atoms with van der Waals surface area (Å²) in [5.41, 5.74) is 0. The lowest BCUT2D eigenvalue weighted by Gasteiger charge is -2.37. The Morgan fingerprint density at radius 3 is 2.16 bits per heavy atom. The molecule has 0 saturated heterocycles. The fourth-order valence-corrected chi connectivity index (χ4v) is 2.78. The zero-order valence-electron chi connectivity index (χ0n) is 12.4. The highest BCUT2D eigenvalue weighted by atomic mass is 16.4. The second-order valence-corrected chi connectivity index (χ2v) is 5.68. The van der Waals surface area contributed by atoms with Crippen LogP contribution in [0.25, 0.3) is 0 Å². The fraction of sp³-hybridized carbons (Fsp3) is 0.857. The quantitative estimate of drug-likeness (QED) is 0.853. The number of hydrogen-bond donors (Lipinski definition) is 1. The normalized spacial score (nSPS) is 24.6. The Bertz CT molecular complexity index is 325. The van der Waals surface area contributed by atoms with Gasteiger partial charge in [0.15, 0.2) is 0 Å². The van der Waals surface area contributed by atoms with Crippen molar-refractivity contribution in [1.29, 1.82) is 0 Å². The lowest BCUT2D eigenvalue weighted by atomic mass is 9.87. The van der Waals surface area contributed by atoms with Crippen molar-refractivity contribution in [2.24, 2.45) is 5.92 Å². The van der Waals surface area contributed by atoms with Crippen LogP contribution in [0, 0.1) is 5.92 Å². The largest absolute Gasteiger partial charge is 0.480 e. The number of rotatable bonds is 4. The van der Waals surface area contributed by atoms with Crippen molar-refractivity contribution in [2.45, 2.75) is 58.0 Å². The molecule has 0 aromatic rings. The van der Waals surface area contributed by atoms with Crippen LogP contribution in [0.15, 0.2) is 0 Å². The Morgan fingerprint density at radius 1 is 1.21 bits per heavy atom. The molecule has 0 radical (unpaired) electrons. The minimum Gasteiger partial charge on any atom is -0.480 e. The first kappa shape index (κ1) is 15.8. The topological polar surface area (TPSA) is 60.9 Å². The van der Waals surface area contributed by atoms with Crippen LogP contribution in [0.5, 0.6) is 0 Å². The van der Waals surface area contributed by atoms with E-state index in [1.165, 1.54) is 4.90 Å². The number of hydrogen-bond acceptors (Lipinski definition) is 2. The fourth-order valence-electron chi connectivity index (χ4n) is 2.78. The minimum absolute atomic E-state index is 0.186. The molecular weight excluding hydrogens is 244 g/mol. The average Bonchev–Trinajstić information content (AvgIpc) is 2.38. The van der Waals surface area contributed by atoms with Gasteiger partial charge < -0.3 is 14.9 Å². The van der Waals surface area contributed by atoms with E-state index in [1.807, 2.05) is 0 Å². The summed E-state index contributed by atoms with van der Waals surface area (Å²) in [5.74, 6) is -0.205. The van der Waals surface area contributed by atoms with Crippen LogP contribution < -0.4 is 0 Å². The van der Waals surface area contributed by atoms with Gasteiger partial charge in [-0.25, -0.2) is 9.59 Å². The first-order valence-corrected chi connectivity index (χ1v) is 7.10. The SMILES string of the molecule is CCC(C(=O)O)N(C)C(=O)N(C)C1CCC(C)CC1. The van der Waals surface area contributed by atoms with E-state index in [4.69, 9.17) is 5.11 Å². The van der Waals surface area contributed by atoms with Crippen molar-refractivity contribution in [3.05, 3.63) is 0 Å². The van der Waals surface area contributed by atoms with E-state index in [-0.39, 0.29) is 12.1 Å². The highest BCUT2D eigenvalue weighted by Crippen LogP contribution is 2.27. The number of carbonyl (C=O) groups excluding carboxylic acids is 1. The lowest BCUT2D eigenvalue weighted by molar-refractivity contribution is -0.142. The molecule has 1 saturated carbocycles. The Labute approximate surface area is 115 Å². The van der Waals surface area contributed by atoms with Crippen molar-refractivity contribution < 1.29 is 14.7 Å². The third-order valence-electron chi connectivity index (χ3n) is 4.28. The van der Waals surface area contributed by atoms with E-state index in [1.54, 1.807) is 25.9 Å². The molecule has 5 heteroatoms. The third-order valence-corrected chi connectivity index (χ3v) is 4.28. The van der Waals surface area contributed by atoms with Gasteiger partial charge in [0.25, 0.3) is 0 Å². The molecule has 5 nitrogen and oxygen atoms in total. The van der Waals surface area contributed by atoms with E-state index in [2.05, 4.69) is 6.92 Å². The Morgan fingerprint density at radius 2 is 1.74 bits per heavy atom. The van der Waals surface area contributed by atoms with Crippen LogP contribution in [-0.4, -0.2) is 53.1 Å². The van der Waals surface area contributed by atoms with Crippen LogP contribution >= 0.6 is 0 Å². The summed E-state index contributed by atoms with van der Waals surface area (Å²) in [7, 11) is 3.36. The number of likely N-dealkylation sites (N-methyl/N-ethyl adjacent to an activating group) is 1. The summed E-state index contributed by atoms with van der Waals surface area (Å²) in [5, 5.41) is 9.11. The van der Waals surface area contributed by atoms with Crippen molar-refractivity contribution in [3.8, 4) is 0 Å². The maximum atomic E-state index is 12.3. The predicted molar refractivity (Wildman–Crippen MR) is 74.1 cm³/mol. The number of nitrogens with zero attached hydrogens (tertiary/aromatic N) is 2. The monoisotopic (exact) mass is 270 g/mol. The van der Waals surface area contributed by atoms with Crippen LogP contribution in [0.3, 0.4) is 0 Å². The second-order valence-electron chi connectivity index (χ2n) is 5.68. The van der Waals surface area contributed by atoms with Crippen LogP contribution in [0.2, 0.25) is 0 Å². The van der Waals surface area contributed by atoms with Gasteiger partial charge in [-0.05, 0) is 38.0 Å². The highest BCUT2D eigenvalue weighted by molar-refractivity contribution is 5.82. The standard InChI is InChI=1S/C14H26N2O3/c1-5-12(13(17)18)16(4)14(19)15(3)11-8-6-10(2)7-9-11/h10-12H,5-9H2,1-4H3,(H,17,18). The second kappa shape index (κ2) is 6.78. The zero-order chi connectivity index (χ0) is 14.6. The summed E-state index contributed by atoms with van der Waals surface area (Å²) < 4.78 is 0. The first-order valence-electron chi connectivity index (χ1n) is 7.10. The highest BCUT2D eigenvalue weighted by Gasteiger charge is 2.31. The number of carbonyl (C=O) groups is 2. The van der Waals surface area contributed by atoms with Crippen molar-refractivity contribution in [3.63, 3.8) is 0 Å². The lowest BCUT2D eigenvalue weighted by Crippen LogP contribution is -2.51. The molecule has 1 aliphatic rings. The number of carboxylic acids is 1. The van der Waals surface area contributed by atoms with Gasteiger partial charge in [0.05, 0.1) is 0 Å². The molecule has 1 unspecified atom stereocenters. The molecule has 110 valence electrons. The summed E-state index contributed by atoms with van der Waals surface area (Å²) in [6, 6.07) is -0.677. The summed E-state index contributed by atoms with van der Waals surface area (Å²) in [6.07, 6.45) is 4.74. The smallest absolute Gasteiger partial charge is 0.326 e. The number of aliphatic carboxylic acids is 1. The molecule has 19 heavy (non-hydrogen) atoms. The van der Waals surface area contributed by atoms with Crippen LogP contribution in [0.4, 0.5) is 4.79 Å². The van der Waals surface area contributed by atoms with Gasteiger partial charge in [0.1, 0.15) is 6.04 Å². The van der Waals surface area contributed by atoms with E-state index in [9.17, 15) is 9.59 Å². The Kier molecular flexibility index (Phi) is 5.63. The van der Waals surface area contributed by atoms with Gasteiger partial charge in [-0.1, -0.05) is 13.8 Å². The van der Waals surface area contributed by atoms with Crippen molar-refractivity contribution in [1.82, 2.24) is 9.80 Å². The van der Waals surface area contributed by atoms with E-state index in [0.29, 0.717) is 6.42 Å². The number of urea groups is 1. The molecular formula is C14H26N2O3. The maximum absolute atomic E-state index is 12.3. The maximum Gasteiger partial charge on any atom is 0.326 e. The molecule has 0 heterocycles. The molecule has 0 aromatic heterocycles. The predicted octanol–water partition coefficient (Wildman–Crippen LogP) is 2.41. The van der Waals surface area contributed by atoms with Gasteiger partial charge in [-0.2, -0.15) is 0 Å². The van der Waals surface area contributed by atoms with Gasteiger partial charge in [-0.15, -0.1) is 0 Å². The summed E-state index contributed by atoms with van der Waals surface area (Å²) in [4.78, 5) is 26.5. The summed E-state index contributed by atoms with van der Waals surface area (Å²) >= 11 is 0. The number of amides is 2. The van der Waals surface area contributed by atoms with E-state index >= 15 is 0 Å². The van der Waals surface area contributed by atoms with E-state index in [0.717, 1.165) is 31.6 Å². The molecule has 0 bridgehead atoms. The van der Waals surface area contributed by atoms with Crippen LogP contribution in [-0.2, 0) is 4.79 Å². The molecule has 1 rings (SSSR count). The van der Waals surface area contributed by atoms with Crippen molar-refractivity contribution >= 4 is 12.0 Å². The molecule has 1 atom stereocenters. The average molecular weight is 270 g/mol.